The summed E-state index contributed by atoms with van der Waals surface area (Å²) in [5.41, 5.74) is 0. The van der Waals surface area contributed by atoms with Gasteiger partial charge in [-0.25, -0.2) is 18.7 Å². The van der Waals surface area contributed by atoms with Crippen molar-refractivity contribution in [2.45, 2.75) is 0 Å². The molecular formula is C10H5BrF2N2O. The van der Waals surface area contributed by atoms with Crippen LogP contribution in [0.15, 0.2) is 35.1 Å². The maximum atomic E-state index is 13.3. The van der Waals surface area contributed by atoms with E-state index < -0.39 is 11.6 Å². The molecule has 0 aliphatic heterocycles. The molecule has 0 saturated heterocycles. The van der Waals surface area contributed by atoms with Crippen molar-refractivity contribution in [1.82, 2.24) is 9.97 Å². The first kappa shape index (κ1) is 10.9. The molecule has 0 N–H and O–H groups in total. The van der Waals surface area contributed by atoms with Crippen LogP contribution >= 0.6 is 15.9 Å². The Bertz CT molecular complexity index is 505. The highest BCUT2D eigenvalue weighted by atomic mass is 79.9. The standard InChI is InChI=1S/C10H5BrF2N2O/c11-6-1-2-8(13)9(3-6)16-10-14-4-7(12)5-15-10/h1-5H. The van der Waals surface area contributed by atoms with Crippen LogP contribution < -0.4 is 4.74 Å². The van der Waals surface area contributed by atoms with Gasteiger partial charge in [0, 0.05) is 4.47 Å². The van der Waals surface area contributed by atoms with E-state index in [9.17, 15) is 8.78 Å². The molecule has 0 aliphatic carbocycles. The summed E-state index contributed by atoms with van der Waals surface area (Å²) in [4.78, 5) is 7.11. The first-order valence-electron chi connectivity index (χ1n) is 4.25. The SMILES string of the molecule is Fc1cnc(Oc2cc(Br)ccc2F)nc1. The third-order valence-electron chi connectivity index (χ3n) is 1.69. The van der Waals surface area contributed by atoms with Gasteiger partial charge in [0.15, 0.2) is 17.4 Å². The molecule has 0 amide bonds. The molecule has 2 aromatic rings. The molecule has 1 aromatic carbocycles. The Morgan fingerprint density at radius 2 is 1.81 bits per heavy atom. The summed E-state index contributed by atoms with van der Waals surface area (Å²) in [6.07, 6.45) is 1.89. The molecule has 0 atom stereocenters. The van der Waals surface area contributed by atoms with Crippen LogP contribution in [0.2, 0.25) is 0 Å². The largest absolute Gasteiger partial charge is 0.421 e. The quantitative estimate of drug-likeness (QED) is 0.850. The average Bonchev–Trinajstić information content (AvgIpc) is 2.27. The zero-order valence-electron chi connectivity index (χ0n) is 7.82. The molecule has 0 aliphatic rings. The van der Waals surface area contributed by atoms with Crippen LogP contribution in [0.1, 0.15) is 0 Å². The Balaban J connectivity index is 2.26. The van der Waals surface area contributed by atoms with Crippen LogP contribution in [0.25, 0.3) is 0 Å². The average molecular weight is 287 g/mol. The van der Waals surface area contributed by atoms with Crippen LogP contribution in [-0.4, -0.2) is 9.97 Å². The van der Waals surface area contributed by atoms with Gasteiger partial charge < -0.3 is 4.74 Å². The van der Waals surface area contributed by atoms with Crippen molar-refractivity contribution in [2.24, 2.45) is 0 Å². The number of aromatic nitrogens is 2. The van der Waals surface area contributed by atoms with Gasteiger partial charge in [-0.2, -0.15) is 0 Å². The Morgan fingerprint density at radius 3 is 2.50 bits per heavy atom. The van der Waals surface area contributed by atoms with Gasteiger partial charge in [0.1, 0.15) is 0 Å². The maximum Gasteiger partial charge on any atom is 0.322 e. The van der Waals surface area contributed by atoms with E-state index >= 15 is 0 Å². The number of benzene rings is 1. The van der Waals surface area contributed by atoms with Crippen molar-refractivity contribution in [3.8, 4) is 11.8 Å². The zero-order chi connectivity index (χ0) is 11.5. The van der Waals surface area contributed by atoms with E-state index in [1.807, 2.05) is 0 Å². The first-order chi connectivity index (χ1) is 7.65. The van der Waals surface area contributed by atoms with Crippen LogP contribution in [0.4, 0.5) is 8.78 Å². The van der Waals surface area contributed by atoms with Crippen LogP contribution in [-0.2, 0) is 0 Å². The predicted molar refractivity (Wildman–Crippen MR) is 56.2 cm³/mol. The molecule has 82 valence electrons. The topological polar surface area (TPSA) is 35.0 Å². The number of nitrogens with zero attached hydrogens (tertiary/aromatic N) is 2. The molecule has 16 heavy (non-hydrogen) atoms. The highest BCUT2D eigenvalue weighted by Gasteiger charge is 2.07. The van der Waals surface area contributed by atoms with Gasteiger partial charge in [-0.15, -0.1) is 0 Å². The Kier molecular flexibility index (Phi) is 3.09. The van der Waals surface area contributed by atoms with E-state index in [-0.39, 0.29) is 11.8 Å². The fraction of sp³-hybridized carbons (Fsp3) is 0. The third-order valence-corrected chi connectivity index (χ3v) is 2.18. The minimum atomic E-state index is -0.581. The number of rotatable bonds is 2. The summed E-state index contributed by atoms with van der Waals surface area (Å²) < 4.78 is 31.5. The molecule has 0 unspecified atom stereocenters. The van der Waals surface area contributed by atoms with Crippen LogP contribution in [0, 0.1) is 11.6 Å². The lowest BCUT2D eigenvalue weighted by molar-refractivity contribution is 0.407. The highest BCUT2D eigenvalue weighted by Crippen LogP contribution is 2.25. The van der Waals surface area contributed by atoms with Gasteiger partial charge in [-0.1, -0.05) is 15.9 Å². The van der Waals surface area contributed by atoms with Crippen LogP contribution in [0.3, 0.4) is 0 Å². The van der Waals surface area contributed by atoms with Gasteiger partial charge in [0.05, 0.1) is 12.4 Å². The Labute approximate surface area is 98.2 Å². The van der Waals surface area contributed by atoms with E-state index in [0.29, 0.717) is 4.47 Å². The molecule has 0 fully saturated rings. The lowest BCUT2D eigenvalue weighted by Gasteiger charge is -2.04. The normalized spacial score (nSPS) is 10.2. The number of hydrogen-bond donors (Lipinski definition) is 0. The van der Waals surface area contributed by atoms with Crippen molar-refractivity contribution in [1.29, 1.82) is 0 Å². The van der Waals surface area contributed by atoms with E-state index in [4.69, 9.17) is 4.74 Å². The molecule has 6 heteroatoms. The van der Waals surface area contributed by atoms with Crippen LogP contribution in [0.5, 0.6) is 11.8 Å². The molecule has 0 saturated carbocycles. The minimum absolute atomic E-state index is 0.0269. The van der Waals surface area contributed by atoms with Crippen molar-refractivity contribution >= 4 is 15.9 Å². The van der Waals surface area contributed by atoms with E-state index in [2.05, 4.69) is 25.9 Å². The van der Waals surface area contributed by atoms with E-state index in [1.54, 1.807) is 0 Å². The van der Waals surface area contributed by atoms with Gasteiger partial charge in [0.2, 0.25) is 0 Å². The first-order valence-corrected chi connectivity index (χ1v) is 5.05. The number of hydrogen-bond acceptors (Lipinski definition) is 3. The molecule has 1 aromatic heterocycles. The molecule has 0 bridgehead atoms. The van der Waals surface area contributed by atoms with Crippen molar-refractivity contribution < 1.29 is 13.5 Å². The predicted octanol–water partition coefficient (Wildman–Crippen LogP) is 3.31. The molecule has 0 radical (unpaired) electrons. The van der Waals surface area contributed by atoms with E-state index in [1.165, 1.54) is 18.2 Å². The fourth-order valence-corrected chi connectivity index (χ4v) is 1.35. The Hall–Kier alpha value is -1.56. The second-order valence-electron chi connectivity index (χ2n) is 2.86. The molecule has 3 nitrogen and oxygen atoms in total. The molecular weight excluding hydrogens is 282 g/mol. The zero-order valence-corrected chi connectivity index (χ0v) is 9.41. The van der Waals surface area contributed by atoms with Gasteiger partial charge in [-0.3, -0.25) is 0 Å². The van der Waals surface area contributed by atoms with Gasteiger partial charge >= 0.3 is 6.01 Å². The smallest absolute Gasteiger partial charge is 0.322 e. The Morgan fingerprint density at radius 1 is 1.12 bits per heavy atom. The summed E-state index contributed by atoms with van der Waals surface area (Å²) in [7, 11) is 0. The van der Waals surface area contributed by atoms with Gasteiger partial charge in [0.25, 0.3) is 0 Å². The summed E-state index contributed by atoms with van der Waals surface area (Å²) >= 11 is 3.17. The molecule has 1 heterocycles. The second-order valence-corrected chi connectivity index (χ2v) is 3.78. The summed E-state index contributed by atoms with van der Waals surface area (Å²) in [5.74, 6) is -1.15. The fourth-order valence-electron chi connectivity index (χ4n) is 1.01. The summed E-state index contributed by atoms with van der Waals surface area (Å²) in [6, 6.07) is 4.09. The maximum absolute atomic E-state index is 13.3. The van der Waals surface area contributed by atoms with E-state index in [0.717, 1.165) is 12.4 Å². The van der Waals surface area contributed by atoms with Gasteiger partial charge in [-0.05, 0) is 18.2 Å². The number of ether oxygens (including phenoxy) is 1. The van der Waals surface area contributed by atoms with Crippen molar-refractivity contribution in [2.75, 3.05) is 0 Å². The molecule has 2 rings (SSSR count). The monoisotopic (exact) mass is 286 g/mol. The summed E-state index contributed by atoms with van der Waals surface area (Å²) in [5, 5.41) is 0. The molecule has 0 spiro atoms. The highest BCUT2D eigenvalue weighted by molar-refractivity contribution is 9.10. The third kappa shape index (κ3) is 2.52. The lowest BCUT2D eigenvalue weighted by Crippen LogP contribution is -1.94. The number of halogens is 3. The van der Waals surface area contributed by atoms with Crippen molar-refractivity contribution in [3.05, 3.63) is 46.7 Å². The summed E-state index contributed by atoms with van der Waals surface area (Å²) in [6.45, 7) is 0. The van der Waals surface area contributed by atoms with Crippen molar-refractivity contribution in [3.63, 3.8) is 0 Å². The minimum Gasteiger partial charge on any atom is -0.421 e. The second kappa shape index (κ2) is 4.52. The lowest BCUT2D eigenvalue weighted by atomic mass is 10.3.